The molecule has 0 unspecified atom stereocenters. The summed E-state index contributed by atoms with van der Waals surface area (Å²) in [5, 5.41) is 1.77. The van der Waals surface area contributed by atoms with E-state index in [0.29, 0.717) is 0 Å². The molecule has 0 heterocycles. The lowest BCUT2D eigenvalue weighted by molar-refractivity contribution is 1.12. The van der Waals surface area contributed by atoms with Crippen LogP contribution in [-0.4, -0.2) is 0 Å². The van der Waals surface area contributed by atoms with Gasteiger partial charge in [0, 0.05) is 10.4 Å². The third-order valence-electron chi connectivity index (χ3n) is 2.18. The zero-order valence-corrected chi connectivity index (χ0v) is 9.03. The van der Waals surface area contributed by atoms with Gasteiger partial charge in [-0.3, -0.25) is 0 Å². The van der Waals surface area contributed by atoms with Crippen LogP contribution in [0.2, 0.25) is 5.02 Å². The average molecular weight is 246 g/mol. The van der Waals surface area contributed by atoms with Crippen molar-refractivity contribution in [1.29, 1.82) is 0 Å². The molecule has 1 saturated carbocycles. The van der Waals surface area contributed by atoms with Gasteiger partial charge in [0.1, 0.15) is 0 Å². The van der Waals surface area contributed by atoms with E-state index in [1.165, 1.54) is 24.0 Å². The molecule has 0 bridgehead atoms. The van der Waals surface area contributed by atoms with E-state index in [-0.39, 0.29) is 0 Å². The molecule has 12 heavy (non-hydrogen) atoms. The minimum absolute atomic E-state index is 0.793. The molecule has 0 spiro atoms. The zero-order chi connectivity index (χ0) is 8.55. The second-order valence-electron chi connectivity index (χ2n) is 3.30. The van der Waals surface area contributed by atoms with Crippen LogP contribution in [0, 0.1) is 0 Å². The predicted molar refractivity (Wildman–Crippen MR) is 56.1 cm³/mol. The Kier molecular flexibility index (Phi) is 2.42. The average Bonchev–Trinajstić information content (AvgIpc) is 2.85. The van der Waals surface area contributed by atoms with Crippen molar-refractivity contribution in [2.75, 3.05) is 0 Å². The molecular formula is C10H10BrCl. The van der Waals surface area contributed by atoms with E-state index in [1.807, 2.05) is 6.07 Å². The number of alkyl halides is 1. The lowest BCUT2D eigenvalue weighted by atomic mass is 10.1. The first-order valence-electron chi connectivity index (χ1n) is 4.15. The number of benzene rings is 1. The van der Waals surface area contributed by atoms with Gasteiger partial charge in [-0.1, -0.05) is 33.6 Å². The molecule has 0 nitrogen and oxygen atoms in total. The SMILES string of the molecule is Clc1cc(CBr)cc(C2CC2)c1. The van der Waals surface area contributed by atoms with Gasteiger partial charge in [0.25, 0.3) is 0 Å². The molecule has 0 radical (unpaired) electrons. The Morgan fingerprint density at radius 2 is 2.08 bits per heavy atom. The van der Waals surface area contributed by atoms with Gasteiger partial charge < -0.3 is 0 Å². The molecule has 1 aromatic rings. The van der Waals surface area contributed by atoms with Crippen molar-refractivity contribution < 1.29 is 0 Å². The Labute approximate surface area is 86.1 Å². The molecule has 1 fully saturated rings. The summed E-state index contributed by atoms with van der Waals surface area (Å²) in [7, 11) is 0. The van der Waals surface area contributed by atoms with Gasteiger partial charge in [0.05, 0.1) is 0 Å². The summed E-state index contributed by atoms with van der Waals surface area (Å²) < 4.78 is 0. The number of hydrogen-bond acceptors (Lipinski definition) is 0. The van der Waals surface area contributed by atoms with Crippen LogP contribution in [-0.2, 0) is 5.33 Å². The maximum atomic E-state index is 5.98. The third kappa shape index (κ3) is 1.83. The quantitative estimate of drug-likeness (QED) is 0.688. The lowest BCUT2D eigenvalue weighted by Crippen LogP contribution is -1.83. The van der Waals surface area contributed by atoms with E-state index in [9.17, 15) is 0 Å². The fraction of sp³-hybridized carbons (Fsp3) is 0.400. The van der Waals surface area contributed by atoms with Crippen LogP contribution in [0.5, 0.6) is 0 Å². The van der Waals surface area contributed by atoms with E-state index in [4.69, 9.17) is 11.6 Å². The molecule has 0 aliphatic heterocycles. The van der Waals surface area contributed by atoms with Crippen molar-refractivity contribution in [2.24, 2.45) is 0 Å². The minimum atomic E-state index is 0.793. The van der Waals surface area contributed by atoms with E-state index >= 15 is 0 Å². The third-order valence-corrected chi connectivity index (χ3v) is 3.05. The van der Waals surface area contributed by atoms with Gasteiger partial charge in [0.2, 0.25) is 0 Å². The fourth-order valence-corrected chi connectivity index (χ4v) is 1.99. The summed E-state index contributed by atoms with van der Waals surface area (Å²) >= 11 is 9.42. The Hall–Kier alpha value is -0.0100. The van der Waals surface area contributed by atoms with Crippen molar-refractivity contribution in [3.8, 4) is 0 Å². The van der Waals surface area contributed by atoms with Gasteiger partial charge >= 0.3 is 0 Å². The van der Waals surface area contributed by atoms with Crippen LogP contribution in [0.4, 0.5) is 0 Å². The Morgan fingerprint density at radius 1 is 1.33 bits per heavy atom. The van der Waals surface area contributed by atoms with Crippen LogP contribution < -0.4 is 0 Å². The largest absolute Gasteiger partial charge is 0.0876 e. The van der Waals surface area contributed by atoms with E-state index in [1.54, 1.807) is 0 Å². The topological polar surface area (TPSA) is 0 Å². The van der Waals surface area contributed by atoms with Crippen LogP contribution in [0.25, 0.3) is 0 Å². The summed E-state index contributed by atoms with van der Waals surface area (Å²) in [4.78, 5) is 0. The molecule has 1 aromatic carbocycles. The monoisotopic (exact) mass is 244 g/mol. The van der Waals surface area contributed by atoms with Gasteiger partial charge in [0.15, 0.2) is 0 Å². The van der Waals surface area contributed by atoms with Crippen LogP contribution >= 0.6 is 27.5 Å². The summed E-state index contributed by atoms with van der Waals surface area (Å²) in [6.07, 6.45) is 2.67. The summed E-state index contributed by atoms with van der Waals surface area (Å²) in [5.74, 6) is 0.793. The number of hydrogen-bond donors (Lipinski definition) is 0. The maximum Gasteiger partial charge on any atom is 0.0411 e. The Bertz CT molecular complexity index is 292. The highest BCUT2D eigenvalue weighted by atomic mass is 79.9. The highest BCUT2D eigenvalue weighted by Gasteiger charge is 2.23. The van der Waals surface area contributed by atoms with Gasteiger partial charge in [-0.15, -0.1) is 0 Å². The maximum absolute atomic E-state index is 5.98. The first-order chi connectivity index (χ1) is 5.79. The smallest absolute Gasteiger partial charge is 0.0411 e. The van der Waals surface area contributed by atoms with Crippen molar-refractivity contribution in [1.82, 2.24) is 0 Å². The molecule has 64 valence electrons. The van der Waals surface area contributed by atoms with Crippen LogP contribution in [0.15, 0.2) is 18.2 Å². The first-order valence-corrected chi connectivity index (χ1v) is 5.65. The second-order valence-corrected chi connectivity index (χ2v) is 4.30. The second kappa shape index (κ2) is 3.39. The van der Waals surface area contributed by atoms with Crippen LogP contribution in [0.1, 0.15) is 29.9 Å². The molecule has 1 aliphatic rings. The summed E-state index contributed by atoms with van der Waals surface area (Å²) in [6.45, 7) is 0. The molecule has 2 heteroatoms. The van der Waals surface area contributed by atoms with Crippen molar-refractivity contribution >= 4 is 27.5 Å². The van der Waals surface area contributed by atoms with Crippen LogP contribution in [0.3, 0.4) is 0 Å². The number of rotatable bonds is 2. The van der Waals surface area contributed by atoms with Crippen molar-refractivity contribution in [2.45, 2.75) is 24.1 Å². The van der Waals surface area contributed by atoms with Gasteiger partial charge in [-0.25, -0.2) is 0 Å². The van der Waals surface area contributed by atoms with E-state index < -0.39 is 0 Å². The standard InChI is InChI=1S/C10H10BrCl/c11-6-7-3-9(8-1-2-8)5-10(12)4-7/h3-5,8H,1-2,6H2. The fourth-order valence-electron chi connectivity index (χ4n) is 1.40. The normalized spacial score (nSPS) is 16.5. The zero-order valence-electron chi connectivity index (χ0n) is 6.69. The summed E-state index contributed by atoms with van der Waals surface area (Å²) in [6, 6.07) is 6.35. The van der Waals surface area contributed by atoms with Gasteiger partial charge in [-0.2, -0.15) is 0 Å². The Balaban J connectivity index is 2.34. The number of halogens is 2. The molecule has 2 rings (SSSR count). The van der Waals surface area contributed by atoms with E-state index in [0.717, 1.165) is 16.3 Å². The Morgan fingerprint density at radius 3 is 2.67 bits per heavy atom. The molecule has 0 atom stereocenters. The summed E-state index contributed by atoms with van der Waals surface area (Å²) in [5.41, 5.74) is 2.70. The highest BCUT2D eigenvalue weighted by Crippen LogP contribution is 2.41. The molecule has 1 aliphatic carbocycles. The molecule has 0 aromatic heterocycles. The predicted octanol–water partition coefficient (Wildman–Crippen LogP) is 4.11. The molecule has 0 amide bonds. The van der Waals surface area contributed by atoms with Crippen molar-refractivity contribution in [3.63, 3.8) is 0 Å². The lowest BCUT2D eigenvalue weighted by Gasteiger charge is -2.02. The molecular weight excluding hydrogens is 235 g/mol. The van der Waals surface area contributed by atoms with Gasteiger partial charge in [-0.05, 0) is 42.0 Å². The van der Waals surface area contributed by atoms with E-state index in [2.05, 4.69) is 28.1 Å². The molecule has 0 N–H and O–H groups in total. The molecule has 0 saturated heterocycles. The highest BCUT2D eigenvalue weighted by molar-refractivity contribution is 9.08. The minimum Gasteiger partial charge on any atom is -0.0876 e. The first kappa shape index (κ1) is 8.58. The van der Waals surface area contributed by atoms with Crippen molar-refractivity contribution in [3.05, 3.63) is 34.3 Å².